The minimum absolute atomic E-state index is 0.323. The second-order valence-corrected chi connectivity index (χ2v) is 7.67. The monoisotopic (exact) mass is 388 g/mol. The van der Waals surface area contributed by atoms with Crippen LogP contribution >= 0.6 is 35.0 Å². The summed E-state index contributed by atoms with van der Waals surface area (Å²) in [6.45, 7) is 0.870. The van der Waals surface area contributed by atoms with Gasteiger partial charge in [-0.05, 0) is 23.3 Å². The standard InChI is InChI=1S/C20H18Cl2N2S/c21-19-9-7-17(12-20(19)22)14-25-18(13-24-11-10-23-15-24)8-6-16-4-2-1-3-5-16/h1-12,15,18H,13-14H2. The van der Waals surface area contributed by atoms with Gasteiger partial charge in [0.1, 0.15) is 0 Å². The highest BCUT2D eigenvalue weighted by Crippen LogP contribution is 2.27. The van der Waals surface area contributed by atoms with Crippen LogP contribution in [-0.4, -0.2) is 14.8 Å². The molecule has 0 amide bonds. The van der Waals surface area contributed by atoms with E-state index in [1.807, 2.05) is 66.9 Å². The first-order valence-corrected chi connectivity index (χ1v) is 9.76. The maximum Gasteiger partial charge on any atom is 0.0946 e. The van der Waals surface area contributed by atoms with Crippen LogP contribution in [0.5, 0.6) is 0 Å². The fourth-order valence-corrected chi connectivity index (χ4v) is 3.76. The van der Waals surface area contributed by atoms with E-state index in [0.29, 0.717) is 15.3 Å². The zero-order valence-corrected chi connectivity index (χ0v) is 15.9. The van der Waals surface area contributed by atoms with E-state index < -0.39 is 0 Å². The molecular formula is C20H18Cl2N2S. The Kier molecular flexibility index (Phi) is 6.62. The number of benzene rings is 2. The molecule has 0 aliphatic carbocycles. The molecule has 128 valence electrons. The molecule has 1 heterocycles. The average molecular weight is 389 g/mol. The van der Waals surface area contributed by atoms with Crippen molar-refractivity contribution in [3.63, 3.8) is 0 Å². The third-order valence-electron chi connectivity index (χ3n) is 3.70. The van der Waals surface area contributed by atoms with Gasteiger partial charge < -0.3 is 4.57 Å². The lowest BCUT2D eigenvalue weighted by molar-refractivity contribution is 0.720. The third kappa shape index (κ3) is 5.67. The van der Waals surface area contributed by atoms with E-state index in [4.69, 9.17) is 23.2 Å². The topological polar surface area (TPSA) is 17.8 Å². The van der Waals surface area contributed by atoms with Crippen LogP contribution in [0.15, 0.2) is 73.3 Å². The second kappa shape index (κ2) is 9.14. The molecular weight excluding hydrogens is 371 g/mol. The highest BCUT2D eigenvalue weighted by Gasteiger charge is 2.08. The molecule has 1 unspecified atom stereocenters. The van der Waals surface area contributed by atoms with Crippen molar-refractivity contribution >= 4 is 41.0 Å². The van der Waals surface area contributed by atoms with Crippen molar-refractivity contribution in [2.24, 2.45) is 0 Å². The maximum atomic E-state index is 6.12. The van der Waals surface area contributed by atoms with Gasteiger partial charge in [-0.15, -0.1) is 11.8 Å². The Balaban J connectivity index is 1.69. The van der Waals surface area contributed by atoms with E-state index in [1.165, 1.54) is 11.1 Å². The van der Waals surface area contributed by atoms with Gasteiger partial charge in [-0.2, -0.15) is 0 Å². The molecule has 0 saturated carbocycles. The summed E-state index contributed by atoms with van der Waals surface area (Å²) in [6.07, 6.45) is 10.1. The van der Waals surface area contributed by atoms with E-state index in [2.05, 4.69) is 33.8 Å². The first kappa shape index (κ1) is 18.1. The van der Waals surface area contributed by atoms with Crippen molar-refractivity contribution in [3.8, 4) is 0 Å². The summed E-state index contributed by atoms with van der Waals surface area (Å²) in [6, 6.07) is 16.1. The Hall–Kier alpha value is -1.68. The minimum Gasteiger partial charge on any atom is -0.336 e. The predicted octanol–water partition coefficient (Wildman–Crippen LogP) is 6.21. The van der Waals surface area contributed by atoms with Crippen LogP contribution in [0.2, 0.25) is 10.0 Å². The number of hydrogen-bond donors (Lipinski definition) is 0. The first-order chi connectivity index (χ1) is 12.2. The summed E-state index contributed by atoms with van der Waals surface area (Å²) in [7, 11) is 0. The van der Waals surface area contributed by atoms with E-state index in [-0.39, 0.29) is 0 Å². The van der Waals surface area contributed by atoms with Crippen molar-refractivity contribution in [1.29, 1.82) is 0 Å². The van der Waals surface area contributed by atoms with E-state index in [9.17, 15) is 0 Å². The molecule has 0 spiro atoms. The second-order valence-electron chi connectivity index (χ2n) is 5.63. The van der Waals surface area contributed by atoms with Crippen LogP contribution in [0.4, 0.5) is 0 Å². The number of nitrogens with zero attached hydrogens (tertiary/aromatic N) is 2. The Morgan fingerprint density at radius 3 is 2.64 bits per heavy atom. The fraction of sp³-hybridized carbons (Fsp3) is 0.150. The number of halogens is 2. The molecule has 1 aromatic heterocycles. The summed E-state index contributed by atoms with van der Waals surface area (Å²) >= 11 is 14.0. The number of aromatic nitrogens is 2. The van der Waals surface area contributed by atoms with Gasteiger partial charge >= 0.3 is 0 Å². The van der Waals surface area contributed by atoms with Gasteiger partial charge in [0.05, 0.1) is 16.4 Å². The van der Waals surface area contributed by atoms with Crippen LogP contribution < -0.4 is 0 Å². The zero-order valence-electron chi connectivity index (χ0n) is 13.6. The maximum absolute atomic E-state index is 6.12. The molecule has 0 saturated heterocycles. The Morgan fingerprint density at radius 1 is 1.08 bits per heavy atom. The van der Waals surface area contributed by atoms with Gasteiger partial charge in [-0.25, -0.2) is 4.98 Å². The molecule has 0 radical (unpaired) electrons. The number of imidazole rings is 1. The summed E-state index contributed by atoms with van der Waals surface area (Å²) in [5, 5.41) is 1.52. The lowest BCUT2D eigenvalue weighted by Crippen LogP contribution is -2.09. The zero-order chi connectivity index (χ0) is 17.5. The van der Waals surface area contributed by atoms with Crippen molar-refractivity contribution in [2.45, 2.75) is 17.5 Å². The highest BCUT2D eigenvalue weighted by atomic mass is 35.5. The predicted molar refractivity (Wildman–Crippen MR) is 109 cm³/mol. The van der Waals surface area contributed by atoms with Crippen molar-refractivity contribution < 1.29 is 0 Å². The van der Waals surface area contributed by atoms with Gasteiger partial charge in [-0.3, -0.25) is 0 Å². The van der Waals surface area contributed by atoms with Crippen LogP contribution in [0.1, 0.15) is 11.1 Å². The van der Waals surface area contributed by atoms with E-state index >= 15 is 0 Å². The molecule has 5 heteroatoms. The Labute approximate surface area is 162 Å². The lowest BCUT2D eigenvalue weighted by atomic mass is 10.2. The van der Waals surface area contributed by atoms with Crippen molar-refractivity contribution in [2.75, 3.05) is 0 Å². The molecule has 0 fully saturated rings. The normalized spacial score (nSPS) is 12.6. The largest absolute Gasteiger partial charge is 0.336 e. The van der Waals surface area contributed by atoms with Gasteiger partial charge in [0.2, 0.25) is 0 Å². The molecule has 0 aliphatic rings. The fourth-order valence-electron chi connectivity index (χ4n) is 2.39. The lowest BCUT2D eigenvalue weighted by Gasteiger charge is -2.14. The molecule has 0 aliphatic heterocycles. The Bertz CT molecular complexity index is 817. The molecule has 0 bridgehead atoms. The summed E-state index contributed by atoms with van der Waals surface area (Å²) in [5.74, 6) is 0.870. The van der Waals surface area contributed by atoms with Crippen LogP contribution in [0, 0.1) is 0 Å². The summed E-state index contributed by atoms with van der Waals surface area (Å²) in [4.78, 5) is 4.13. The highest BCUT2D eigenvalue weighted by molar-refractivity contribution is 7.99. The van der Waals surface area contributed by atoms with Crippen LogP contribution in [0.3, 0.4) is 0 Å². The van der Waals surface area contributed by atoms with Gasteiger partial charge in [0.25, 0.3) is 0 Å². The molecule has 25 heavy (non-hydrogen) atoms. The number of rotatable bonds is 7. The molecule has 3 rings (SSSR count). The van der Waals surface area contributed by atoms with E-state index in [1.54, 1.807) is 0 Å². The molecule has 1 atom stereocenters. The number of thioether (sulfide) groups is 1. The van der Waals surface area contributed by atoms with Crippen LogP contribution in [0.25, 0.3) is 6.08 Å². The SMILES string of the molecule is Clc1ccc(CSC(C=Cc2ccccc2)Cn2ccnc2)cc1Cl. The van der Waals surface area contributed by atoms with E-state index in [0.717, 1.165) is 12.3 Å². The smallest absolute Gasteiger partial charge is 0.0946 e. The summed E-state index contributed by atoms with van der Waals surface area (Å²) in [5.41, 5.74) is 2.37. The third-order valence-corrected chi connectivity index (χ3v) is 5.67. The van der Waals surface area contributed by atoms with Gasteiger partial charge in [-0.1, -0.05) is 71.8 Å². The molecule has 0 N–H and O–H groups in total. The van der Waals surface area contributed by atoms with Crippen LogP contribution in [-0.2, 0) is 12.3 Å². The van der Waals surface area contributed by atoms with Gasteiger partial charge in [0.15, 0.2) is 0 Å². The summed E-state index contributed by atoms with van der Waals surface area (Å²) < 4.78 is 2.10. The molecule has 2 nitrogen and oxygen atoms in total. The molecule has 3 aromatic rings. The minimum atomic E-state index is 0.323. The van der Waals surface area contributed by atoms with Crippen molar-refractivity contribution in [3.05, 3.63) is 94.5 Å². The van der Waals surface area contributed by atoms with Gasteiger partial charge in [0, 0.05) is 29.9 Å². The Morgan fingerprint density at radius 2 is 1.92 bits per heavy atom. The van der Waals surface area contributed by atoms with Crippen molar-refractivity contribution in [1.82, 2.24) is 9.55 Å². The average Bonchev–Trinajstić information content (AvgIpc) is 3.14. The quantitative estimate of drug-likeness (QED) is 0.478. The number of hydrogen-bond acceptors (Lipinski definition) is 2. The molecule has 2 aromatic carbocycles. The first-order valence-electron chi connectivity index (χ1n) is 7.95.